The number of piperidine rings is 1. The van der Waals surface area contributed by atoms with Crippen molar-refractivity contribution >= 4 is 0 Å². The molecule has 2 heterocycles. The summed E-state index contributed by atoms with van der Waals surface area (Å²) >= 11 is 0. The van der Waals surface area contributed by atoms with Gasteiger partial charge in [-0.25, -0.2) is 0 Å². The molecule has 0 amide bonds. The number of aliphatic hydroxyl groups is 1. The first kappa shape index (κ1) is 16.1. The van der Waals surface area contributed by atoms with E-state index in [2.05, 4.69) is 12.2 Å². The van der Waals surface area contributed by atoms with Crippen LogP contribution in [0.25, 0.3) is 0 Å². The fraction of sp³-hybridized carbons (Fsp3) is 0.895. The van der Waals surface area contributed by atoms with Crippen molar-refractivity contribution in [1.82, 2.24) is 0 Å². The standard InChI is InChI=1S/C19H33N3O/c23-12-11-20-7-9-22(10-8-20)19-3-5-21(6-4-19)15-18-14-16-1-2-17(18)13-16/h1-2,16-19,23H,3-15H2/p+3/t16-,17+,18-/m1/s1. The first-order valence-corrected chi connectivity index (χ1v) is 10.1. The van der Waals surface area contributed by atoms with E-state index in [4.69, 9.17) is 5.11 Å². The Morgan fingerprint density at radius 3 is 2.26 bits per heavy atom. The summed E-state index contributed by atoms with van der Waals surface area (Å²) in [5.74, 6) is 2.86. The molecule has 0 spiro atoms. The number of rotatable bonds is 5. The maximum absolute atomic E-state index is 9.08. The Kier molecular flexibility index (Phi) is 5.04. The molecule has 0 radical (unpaired) electrons. The Hall–Kier alpha value is -0.420. The first-order valence-electron chi connectivity index (χ1n) is 10.1. The summed E-state index contributed by atoms with van der Waals surface area (Å²) in [5.41, 5.74) is 0. The van der Waals surface area contributed by atoms with Crippen LogP contribution in [0.3, 0.4) is 0 Å². The summed E-state index contributed by atoms with van der Waals surface area (Å²) in [6.45, 7) is 10.8. The molecule has 4 heteroatoms. The maximum atomic E-state index is 9.08. The molecule has 0 unspecified atom stereocenters. The van der Waals surface area contributed by atoms with E-state index in [0.29, 0.717) is 6.61 Å². The minimum absolute atomic E-state index is 0.352. The highest BCUT2D eigenvalue weighted by atomic mass is 16.3. The molecular weight excluding hydrogens is 286 g/mol. The highest BCUT2D eigenvalue weighted by Crippen LogP contribution is 2.42. The van der Waals surface area contributed by atoms with Gasteiger partial charge in [0.15, 0.2) is 0 Å². The van der Waals surface area contributed by atoms with Crippen LogP contribution < -0.4 is 14.7 Å². The van der Waals surface area contributed by atoms with Gasteiger partial charge in [-0.05, 0) is 24.7 Å². The van der Waals surface area contributed by atoms with Crippen LogP contribution in [-0.4, -0.2) is 70.1 Å². The van der Waals surface area contributed by atoms with Gasteiger partial charge in [-0.2, -0.15) is 0 Å². The van der Waals surface area contributed by atoms with Crippen molar-refractivity contribution < 1.29 is 19.8 Å². The molecule has 4 rings (SSSR count). The van der Waals surface area contributed by atoms with E-state index < -0.39 is 0 Å². The molecule has 23 heavy (non-hydrogen) atoms. The van der Waals surface area contributed by atoms with E-state index in [1.54, 1.807) is 4.90 Å². The fourth-order valence-electron chi connectivity index (χ4n) is 5.88. The van der Waals surface area contributed by atoms with Crippen molar-refractivity contribution in [3.63, 3.8) is 0 Å². The Morgan fingerprint density at radius 1 is 0.870 bits per heavy atom. The van der Waals surface area contributed by atoms with Crippen LogP contribution in [0.4, 0.5) is 0 Å². The number of allylic oxidation sites excluding steroid dienone is 2. The third-order valence-corrected chi connectivity index (χ3v) is 7.30. The number of likely N-dealkylation sites (tertiary alicyclic amines) is 1. The second-order valence-electron chi connectivity index (χ2n) is 8.65. The van der Waals surface area contributed by atoms with E-state index in [1.165, 1.54) is 71.5 Å². The molecule has 0 aromatic carbocycles. The number of hydrogen-bond acceptors (Lipinski definition) is 1. The number of fused-ring (bicyclic) bond motifs is 2. The first-order chi connectivity index (χ1) is 11.3. The summed E-state index contributed by atoms with van der Waals surface area (Å²) < 4.78 is 0. The van der Waals surface area contributed by atoms with Crippen LogP contribution >= 0.6 is 0 Å². The summed E-state index contributed by atoms with van der Waals surface area (Å²) in [6.07, 6.45) is 10.8. The van der Waals surface area contributed by atoms with Gasteiger partial charge < -0.3 is 19.8 Å². The van der Waals surface area contributed by atoms with Gasteiger partial charge in [-0.3, -0.25) is 0 Å². The number of hydrogen-bond donors (Lipinski definition) is 4. The van der Waals surface area contributed by atoms with Gasteiger partial charge in [0.2, 0.25) is 0 Å². The second-order valence-corrected chi connectivity index (χ2v) is 8.65. The van der Waals surface area contributed by atoms with Gasteiger partial charge in [0.05, 0.1) is 32.3 Å². The maximum Gasteiger partial charge on any atom is 0.127 e. The second kappa shape index (κ2) is 7.22. The third-order valence-electron chi connectivity index (χ3n) is 7.30. The van der Waals surface area contributed by atoms with Crippen molar-refractivity contribution in [2.24, 2.45) is 17.8 Å². The number of piperazine rings is 1. The number of quaternary nitrogens is 3. The van der Waals surface area contributed by atoms with Gasteiger partial charge in [0.1, 0.15) is 32.7 Å². The van der Waals surface area contributed by atoms with Crippen LogP contribution in [0.5, 0.6) is 0 Å². The monoisotopic (exact) mass is 322 g/mol. The summed E-state index contributed by atoms with van der Waals surface area (Å²) in [6, 6.07) is 0.925. The molecule has 2 saturated heterocycles. The highest BCUT2D eigenvalue weighted by molar-refractivity contribution is 5.09. The number of nitrogens with one attached hydrogen (secondary N) is 3. The predicted octanol–water partition coefficient (Wildman–Crippen LogP) is -2.98. The zero-order valence-electron chi connectivity index (χ0n) is 14.6. The molecule has 3 fully saturated rings. The molecule has 3 atom stereocenters. The Balaban J connectivity index is 1.19. The van der Waals surface area contributed by atoms with Gasteiger partial charge in [-0.1, -0.05) is 12.2 Å². The molecule has 1 saturated carbocycles. The van der Waals surface area contributed by atoms with Crippen LogP contribution in [0.2, 0.25) is 0 Å². The van der Waals surface area contributed by atoms with Crippen molar-refractivity contribution in [2.45, 2.75) is 31.7 Å². The summed E-state index contributed by atoms with van der Waals surface area (Å²) in [5, 5.41) is 9.08. The molecule has 4 nitrogen and oxygen atoms in total. The lowest BCUT2D eigenvalue weighted by atomic mass is 9.92. The zero-order chi connectivity index (χ0) is 15.6. The Bertz CT molecular complexity index is 411. The van der Waals surface area contributed by atoms with Crippen LogP contribution in [0.15, 0.2) is 12.2 Å². The van der Waals surface area contributed by atoms with Crippen molar-refractivity contribution in [2.75, 3.05) is 59.0 Å². The van der Waals surface area contributed by atoms with Gasteiger partial charge >= 0.3 is 0 Å². The van der Waals surface area contributed by atoms with Crippen LogP contribution in [0, 0.1) is 17.8 Å². The Morgan fingerprint density at radius 2 is 1.65 bits per heavy atom. The van der Waals surface area contributed by atoms with E-state index in [0.717, 1.165) is 30.3 Å². The predicted molar refractivity (Wildman–Crippen MR) is 90.8 cm³/mol. The smallest absolute Gasteiger partial charge is 0.127 e. The quantitative estimate of drug-likeness (QED) is 0.401. The zero-order valence-corrected chi connectivity index (χ0v) is 14.6. The average molecular weight is 323 g/mol. The topological polar surface area (TPSA) is 33.6 Å². The van der Waals surface area contributed by atoms with Gasteiger partial charge in [0.25, 0.3) is 0 Å². The summed E-state index contributed by atoms with van der Waals surface area (Å²) in [4.78, 5) is 5.38. The molecular formula is C19H36N3O+3. The molecule has 0 aromatic heterocycles. The Labute approximate surface area is 141 Å². The molecule has 130 valence electrons. The molecule has 4 aliphatic rings. The van der Waals surface area contributed by atoms with Crippen molar-refractivity contribution in [3.8, 4) is 0 Å². The lowest BCUT2D eigenvalue weighted by molar-refractivity contribution is -1.03. The molecule has 2 bridgehead atoms. The number of aliphatic hydroxyl groups excluding tert-OH is 1. The average Bonchev–Trinajstić information content (AvgIpc) is 3.20. The van der Waals surface area contributed by atoms with Crippen molar-refractivity contribution in [3.05, 3.63) is 12.2 Å². The van der Waals surface area contributed by atoms with Crippen LogP contribution in [0.1, 0.15) is 25.7 Å². The highest BCUT2D eigenvalue weighted by Gasteiger charge is 2.39. The third kappa shape index (κ3) is 3.65. The van der Waals surface area contributed by atoms with Gasteiger partial charge in [0, 0.05) is 18.8 Å². The van der Waals surface area contributed by atoms with Crippen molar-refractivity contribution in [1.29, 1.82) is 0 Å². The summed E-state index contributed by atoms with van der Waals surface area (Å²) in [7, 11) is 0. The van der Waals surface area contributed by atoms with E-state index in [9.17, 15) is 0 Å². The fourth-order valence-corrected chi connectivity index (χ4v) is 5.88. The van der Waals surface area contributed by atoms with E-state index in [1.807, 2.05) is 9.80 Å². The van der Waals surface area contributed by atoms with Gasteiger partial charge in [-0.15, -0.1) is 0 Å². The lowest BCUT2D eigenvalue weighted by Crippen LogP contribution is -3.30. The minimum atomic E-state index is 0.352. The minimum Gasteiger partial charge on any atom is -0.391 e. The normalized spacial score (nSPS) is 46.4. The van der Waals surface area contributed by atoms with E-state index >= 15 is 0 Å². The largest absolute Gasteiger partial charge is 0.391 e. The molecule has 2 aliphatic carbocycles. The molecule has 2 aliphatic heterocycles. The molecule has 0 aromatic rings. The van der Waals surface area contributed by atoms with Crippen LogP contribution in [-0.2, 0) is 0 Å². The lowest BCUT2D eigenvalue weighted by Gasteiger charge is -2.38. The van der Waals surface area contributed by atoms with E-state index in [-0.39, 0.29) is 0 Å². The SMILES string of the molecule is OCC[NH+]1CC[NH+](C2CC[NH+](C[C@H]3C[C@@H]4C=C[C@H]3C4)CC2)CC1. The molecule has 4 N–H and O–H groups in total.